The van der Waals surface area contributed by atoms with Crippen molar-refractivity contribution >= 4 is 11.7 Å². The SMILES string of the molecule is CC(C)=N[C@@H](Cc1ccccc1O)C(=O)O. The van der Waals surface area contributed by atoms with Gasteiger partial charge in [0.1, 0.15) is 5.75 Å². The summed E-state index contributed by atoms with van der Waals surface area (Å²) < 4.78 is 0. The lowest BCUT2D eigenvalue weighted by Gasteiger charge is -2.09. The van der Waals surface area contributed by atoms with Crippen molar-refractivity contribution in [3.8, 4) is 5.75 Å². The minimum Gasteiger partial charge on any atom is -0.508 e. The first kappa shape index (κ1) is 12.2. The van der Waals surface area contributed by atoms with Crippen molar-refractivity contribution in [1.29, 1.82) is 0 Å². The molecule has 0 fully saturated rings. The average molecular weight is 221 g/mol. The number of aliphatic imine (C=N–C) groups is 1. The molecule has 16 heavy (non-hydrogen) atoms. The lowest BCUT2D eigenvalue weighted by Crippen LogP contribution is -2.21. The van der Waals surface area contributed by atoms with Gasteiger partial charge in [0.05, 0.1) is 0 Å². The molecule has 1 atom stereocenters. The van der Waals surface area contributed by atoms with Gasteiger partial charge in [-0.3, -0.25) is 4.99 Å². The standard InChI is InChI=1S/C12H15NO3/c1-8(2)13-10(12(15)16)7-9-5-3-4-6-11(9)14/h3-6,10,14H,7H2,1-2H3,(H,15,16)/t10-/m0/s1. The molecule has 4 heteroatoms. The number of phenols is 1. The Morgan fingerprint density at radius 2 is 2.00 bits per heavy atom. The van der Waals surface area contributed by atoms with Gasteiger partial charge in [-0.15, -0.1) is 0 Å². The van der Waals surface area contributed by atoms with Crippen LogP contribution >= 0.6 is 0 Å². The Balaban J connectivity index is 2.89. The molecule has 0 bridgehead atoms. The van der Waals surface area contributed by atoms with E-state index in [1.807, 2.05) is 0 Å². The van der Waals surface area contributed by atoms with Crippen LogP contribution in [0.1, 0.15) is 19.4 Å². The number of hydrogen-bond acceptors (Lipinski definition) is 3. The van der Waals surface area contributed by atoms with Gasteiger partial charge in [0.25, 0.3) is 0 Å². The van der Waals surface area contributed by atoms with Gasteiger partial charge >= 0.3 is 5.97 Å². The van der Waals surface area contributed by atoms with Crippen molar-refractivity contribution in [1.82, 2.24) is 0 Å². The van der Waals surface area contributed by atoms with Crippen LogP contribution in [0.15, 0.2) is 29.3 Å². The summed E-state index contributed by atoms with van der Waals surface area (Å²) in [6.45, 7) is 3.50. The van der Waals surface area contributed by atoms with E-state index in [-0.39, 0.29) is 12.2 Å². The van der Waals surface area contributed by atoms with Crippen LogP contribution in [0.2, 0.25) is 0 Å². The Labute approximate surface area is 94.3 Å². The van der Waals surface area contributed by atoms with E-state index in [0.717, 1.165) is 0 Å². The maximum atomic E-state index is 11.0. The number of aromatic hydroxyl groups is 1. The molecule has 0 amide bonds. The Bertz CT molecular complexity index is 408. The van der Waals surface area contributed by atoms with E-state index in [1.54, 1.807) is 32.0 Å². The predicted molar refractivity (Wildman–Crippen MR) is 62.0 cm³/mol. The Morgan fingerprint density at radius 1 is 1.38 bits per heavy atom. The molecule has 0 aromatic heterocycles. The molecule has 1 aromatic rings. The zero-order valence-corrected chi connectivity index (χ0v) is 9.34. The number of phenolic OH excluding ortho intramolecular Hbond substituents is 1. The molecule has 1 aromatic carbocycles. The second-order valence-corrected chi connectivity index (χ2v) is 3.76. The molecule has 86 valence electrons. The van der Waals surface area contributed by atoms with Gasteiger partial charge in [0.15, 0.2) is 6.04 Å². The van der Waals surface area contributed by atoms with E-state index in [1.165, 1.54) is 6.07 Å². The number of carboxylic acids is 1. The van der Waals surface area contributed by atoms with E-state index in [4.69, 9.17) is 5.11 Å². The van der Waals surface area contributed by atoms with Crippen LogP contribution in [0.4, 0.5) is 0 Å². The minimum atomic E-state index is -0.982. The molecule has 0 unspecified atom stereocenters. The third kappa shape index (κ3) is 3.38. The number of aliphatic carboxylic acids is 1. The molecule has 0 aliphatic heterocycles. The Hall–Kier alpha value is -1.84. The first-order chi connectivity index (χ1) is 7.50. The van der Waals surface area contributed by atoms with E-state index < -0.39 is 12.0 Å². The van der Waals surface area contributed by atoms with Crippen LogP contribution < -0.4 is 0 Å². The largest absolute Gasteiger partial charge is 0.508 e. The molecular weight excluding hydrogens is 206 g/mol. The molecule has 0 radical (unpaired) electrons. The van der Waals surface area contributed by atoms with Crippen LogP contribution in [-0.4, -0.2) is 27.9 Å². The monoisotopic (exact) mass is 221 g/mol. The van der Waals surface area contributed by atoms with Gasteiger partial charge in [0, 0.05) is 12.1 Å². The molecule has 4 nitrogen and oxygen atoms in total. The summed E-state index contributed by atoms with van der Waals surface area (Å²) in [6, 6.07) is 5.86. The number of hydrogen-bond donors (Lipinski definition) is 2. The first-order valence-corrected chi connectivity index (χ1v) is 5.01. The summed E-state index contributed by atoms with van der Waals surface area (Å²) in [6.07, 6.45) is 0.202. The molecule has 0 heterocycles. The summed E-state index contributed by atoms with van der Waals surface area (Å²) in [5, 5.41) is 18.5. The van der Waals surface area contributed by atoms with E-state index in [9.17, 15) is 9.90 Å². The maximum Gasteiger partial charge on any atom is 0.328 e. The fourth-order valence-electron chi connectivity index (χ4n) is 1.39. The van der Waals surface area contributed by atoms with Gasteiger partial charge in [-0.1, -0.05) is 18.2 Å². The van der Waals surface area contributed by atoms with Crippen LogP contribution in [0.3, 0.4) is 0 Å². The quantitative estimate of drug-likeness (QED) is 0.762. The van der Waals surface area contributed by atoms with Gasteiger partial charge in [-0.2, -0.15) is 0 Å². The second-order valence-electron chi connectivity index (χ2n) is 3.76. The summed E-state index contributed by atoms with van der Waals surface area (Å²) >= 11 is 0. The van der Waals surface area contributed by atoms with Crippen molar-refractivity contribution in [2.75, 3.05) is 0 Å². The fourth-order valence-corrected chi connectivity index (χ4v) is 1.39. The number of benzene rings is 1. The van der Waals surface area contributed by atoms with Crippen molar-refractivity contribution in [2.24, 2.45) is 4.99 Å². The number of carbonyl (C=O) groups is 1. The highest BCUT2D eigenvalue weighted by atomic mass is 16.4. The molecule has 2 N–H and O–H groups in total. The third-order valence-corrected chi connectivity index (χ3v) is 2.10. The molecule has 0 aliphatic rings. The third-order valence-electron chi connectivity index (χ3n) is 2.10. The average Bonchev–Trinajstić information content (AvgIpc) is 2.19. The highest BCUT2D eigenvalue weighted by Crippen LogP contribution is 2.18. The molecule has 0 spiro atoms. The van der Waals surface area contributed by atoms with Gasteiger partial charge in [-0.05, 0) is 25.5 Å². The van der Waals surface area contributed by atoms with E-state index in [0.29, 0.717) is 11.3 Å². The van der Waals surface area contributed by atoms with Crippen molar-refractivity contribution in [2.45, 2.75) is 26.3 Å². The Morgan fingerprint density at radius 3 is 2.50 bits per heavy atom. The van der Waals surface area contributed by atoms with Crippen molar-refractivity contribution in [3.05, 3.63) is 29.8 Å². The normalized spacial score (nSPS) is 11.9. The smallest absolute Gasteiger partial charge is 0.328 e. The summed E-state index contributed by atoms with van der Waals surface area (Å²) in [4.78, 5) is 15.0. The number of nitrogens with zero attached hydrogens (tertiary/aromatic N) is 1. The number of carboxylic acid groups (broad SMARTS) is 1. The fraction of sp³-hybridized carbons (Fsp3) is 0.333. The molecular formula is C12H15NO3. The van der Waals surface area contributed by atoms with E-state index >= 15 is 0 Å². The van der Waals surface area contributed by atoms with Crippen molar-refractivity contribution < 1.29 is 15.0 Å². The molecule has 0 aliphatic carbocycles. The zero-order chi connectivity index (χ0) is 12.1. The van der Waals surface area contributed by atoms with Crippen LogP contribution in [-0.2, 0) is 11.2 Å². The van der Waals surface area contributed by atoms with Crippen LogP contribution in [0.25, 0.3) is 0 Å². The van der Waals surface area contributed by atoms with Crippen LogP contribution in [0.5, 0.6) is 5.75 Å². The zero-order valence-electron chi connectivity index (χ0n) is 9.34. The lowest BCUT2D eigenvalue weighted by atomic mass is 10.1. The Kier molecular flexibility index (Phi) is 4.05. The lowest BCUT2D eigenvalue weighted by molar-refractivity contribution is -0.138. The highest BCUT2D eigenvalue weighted by molar-refractivity contribution is 5.83. The highest BCUT2D eigenvalue weighted by Gasteiger charge is 2.17. The first-order valence-electron chi connectivity index (χ1n) is 5.01. The van der Waals surface area contributed by atoms with Gasteiger partial charge in [0.2, 0.25) is 0 Å². The minimum absolute atomic E-state index is 0.109. The maximum absolute atomic E-state index is 11.0. The summed E-state index contributed by atoms with van der Waals surface area (Å²) in [5.74, 6) is -0.873. The predicted octanol–water partition coefficient (Wildman–Crippen LogP) is 1.87. The summed E-state index contributed by atoms with van der Waals surface area (Å²) in [5.41, 5.74) is 1.31. The molecule has 0 saturated heterocycles. The van der Waals surface area contributed by atoms with Crippen LogP contribution in [0, 0.1) is 0 Å². The molecule has 0 saturated carbocycles. The number of para-hydroxylation sites is 1. The van der Waals surface area contributed by atoms with Crippen molar-refractivity contribution in [3.63, 3.8) is 0 Å². The van der Waals surface area contributed by atoms with Gasteiger partial charge < -0.3 is 10.2 Å². The summed E-state index contributed by atoms with van der Waals surface area (Å²) in [7, 11) is 0. The van der Waals surface area contributed by atoms with Gasteiger partial charge in [-0.25, -0.2) is 4.79 Å². The van der Waals surface area contributed by atoms with E-state index in [2.05, 4.69) is 4.99 Å². The molecule has 1 rings (SSSR count). The second kappa shape index (κ2) is 5.30. The number of rotatable bonds is 4. The topological polar surface area (TPSA) is 69.9 Å².